The normalized spacial score (nSPS) is 12.8. The summed E-state index contributed by atoms with van der Waals surface area (Å²) in [6.07, 6.45) is 0. The summed E-state index contributed by atoms with van der Waals surface area (Å²) in [5.41, 5.74) is -1.68. The highest BCUT2D eigenvalue weighted by Gasteiger charge is 2.39. The summed E-state index contributed by atoms with van der Waals surface area (Å²) >= 11 is 0. The van der Waals surface area contributed by atoms with Crippen LogP contribution in [0.5, 0.6) is 0 Å². The van der Waals surface area contributed by atoms with Crippen LogP contribution in [0.1, 0.15) is 51.8 Å². The van der Waals surface area contributed by atoms with Crippen molar-refractivity contribution in [3.63, 3.8) is 0 Å². The summed E-state index contributed by atoms with van der Waals surface area (Å²) in [5, 5.41) is 27.4. The molecule has 2 amide bonds. The number of anilines is 1. The molecular weight excluding hydrogens is 346 g/mol. The molecule has 1 heterocycles. The minimum atomic E-state index is -1.46. The Labute approximate surface area is 144 Å². The number of imide groups is 1. The van der Waals surface area contributed by atoms with E-state index in [1.165, 1.54) is 0 Å². The maximum absolute atomic E-state index is 12.6. The monoisotopic (exact) mass is 355 g/mol. The number of hydrogen-bond donors (Lipinski definition) is 3. The number of fused-ring (bicyclic) bond motifs is 1. The van der Waals surface area contributed by atoms with Crippen LogP contribution in [-0.4, -0.2) is 45.0 Å². The van der Waals surface area contributed by atoms with Gasteiger partial charge < -0.3 is 15.3 Å². The molecule has 0 spiro atoms. The number of carbonyl (C=O) groups is 5. The van der Waals surface area contributed by atoms with E-state index in [-0.39, 0.29) is 22.3 Å². The van der Waals surface area contributed by atoms with E-state index in [1.54, 1.807) is 0 Å². The van der Waals surface area contributed by atoms with Gasteiger partial charge in [-0.05, 0) is 36.4 Å². The Morgan fingerprint density at radius 2 is 1.23 bits per heavy atom. The van der Waals surface area contributed by atoms with Crippen LogP contribution in [0.15, 0.2) is 36.4 Å². The Bertz CT molecular complexity index is 1020. The Balaban J connectivity index is 2.19. The molecule has 130 valence electrons. The maximum atomic E-state index is 12.6. The molecule has 1 aliphatic rings. The largest absolute Gasteiger partial charge is 0.478 e. The van der Waals surface area contributed by atoms with Gasteiger partial charge in [0, 0.05) is 0 Å². The zero-order valence-electron chi connectivity index (χ0n) is 12.8. The number of carboxylic acid groups (broad SMARTS) is 3. The number of aromatic carboxylic acids is 3. The van der Waals surface area contributed by atoms with E-state index in [0.29, 0.717) is 4.90 Å². The Hall–Kier alpha value is -4.01. The van der Waals surface area contributed by atoms with Gasteiger partial charge in [-0.25, -0.2) is 19.3 Å². The van der Waals surface area contributed by atoms with E-state index >= 15 is 0 Å². The Kier molecular flexibility index (Phi) is 3.76. The van der Waals surface area contributed by atoms with Crippen LogP contribution in [0.3, 0.4) is 0 Å². The molecule has 0 atom stereocenters. The second kappa shape index (κ2) is 5.81. The molecule has 2 aromatic rings. The molecule has 0 fully saturated rings. The first kappa shape index (κ1) is 16.8. The lowest BCUT2D eigenvalue weighted by Gasteiger charge is -2.17. The number of amides is 2. The molecule has 26 heavy (non-hydrogen) atoms. The fourth-order valence-electron chi connectivity index (χ4n) is 2.62. The van der Waals surface area contributed by atoms with Crippen molar-refractivity contribution in [2.24, 2.45) is 0 Å². The van der Waals surface area contributed by atoms with Gasteiger partial charge in [-0.15, -0.1) is 0 Å². The number of hydrogen-bond acceptors (Lipinski definition) is 5. The molecule has 9 heteroatoms. The fraction of sp³-hybridized carbons (Fsp3) is 0. The average Bonchev–Trinajstić information content (AvgIpc) is 2.84. The third-order valence-corrected chi connectivity index (χ3v) is 3.85. The summed E-state index contributed by atoms with van der Waals surface area (Å²) in [7, 11) is 0. The van der Waals surface area contributed by atoms with Crippen LogP contribution in [-0.2, 0) is 0 Å². The molecule has 3 rings (SSSR count). The minimum absolute atomic E-state index is 0.0999. The van der Waals surface area contributed by atoms with Gasteiger partial charge in [0.05, 0.1) is 33.5 Å². The van der Waals surface area contributed by atoms with Crippen molar-refractivity contribution < 1.29 is 39.3 Å². The van der Waals surface area contributed by atoms with Crippen molar-refractivity contribution >= 4 is 35.4 Å². The van der Waals surface area contributed by atoms with Crippen LogP contribution >= 0.6 is 0 Å². The van der Waals surface area contributed by atoms with Crippen molar-refractivity contribution in [1.29, 1.82) is 0 Å². The van der Waals surface area contributed by atoms with E-state index in [0.717, 1.165) is 36.4 Å². The van der Waals surface area contributed by atoms with Crippen molar-refractivity contribution in [2.45, 2.75) is 0 Å². The lowest BCUT2D eigenvalue weighted by Crippen LogP contribution is -2.31. The smallest absolute Gasteiger partial charge is 0.337 e. The van der Waals surface area contributed by atoms with Gasteiger partial charge in [-0.3, -0.25) is 9.59 Å². The first-order chi connectivity index (χ1) is 12.2. The number of carbonyl (C=O) groups excluding carboxylic acids is 2. The molecule has 1 aliphatic heterocycles. The molecule has 9 nitrogen and oxygen atoms in total. The van der Waals surface area contributed by atoms with E-state index in [9.17, 15) is 29.1 Å². The van der Waals surface area contributed by atoms with Crippen molar-refractivity contribution in [2.75, 3.05) is 4.90 Å². The number of nitrogens with zero attached hydrogens (tertiary/aromatic N) is 1. The van der Waals surface area contributed by atoms with Crippen LogP contribution in [0.4, 0.5) is 5.69 Å². The zero-order chi connectivity index (χ0) is 19.2. The summed E-state index contributed by atoms with van der Waals surface area (Å²) in [5.74, 6) is -5.93. The van der Waals surface area contributed by atoms with Gasteiger partial charge in [0.2, 0.25) is 0 Å². The van der Waals surface area contributed by atoms with Crippen LogP contribution in [0, 0.1) is 0 Å². The number of carboxylic acids is 3. The lowest BCUT2D eigenvalue weighted by molar-refractivity contribution is 0.0681. The summed E-state index contributed by atoms with van der Waals surface area (Å²) in [4.78, 5) is 59.3. The average molecular weight is 355 g/mol. The highest BCUT2D eigenvalue weighted by Crippen LogP contribution is 2.32. The molecule has 0 saturated heterocycles. The third-order valence-electron chi connectivity index (χ3n) is 3.85. The predicted octanol–water partition coefficient (Wildman–Crippen LogP) is 1.58. The fourth-order valence-corrected chi connectivity index (χ4v) is 2.62. The zero-order valence-corrected chi connectivity index (χ0v) is 12.8. The second-order valence-corrected chi connectivity index (χ2v) is 5.35. The number of benzene rings is 2. The topological polar surface area (TPSA) is 149 Å². The second-order valence-electron chi connectivity index (χ2n) is 5.35. The predicted molar refractivity (Wildman–Crippen MR) is 84.9 cm³/mol. The molecular formula is C17H9NO8. The van der Waals surface area contributed by atoms with Gasteiger partial charge in [-0.1, -0.05) is 0 Å². The van der Waals surface area contributed by atoms with Gasteiger partial charge in [0.15, 0.2) is 0 Å². The van der Waals surface area contributed by atoms with E-state index in [2.05, 4.69) is 0 Å². The first-order valence-electron chi connectivity index (χ1n) is 7.09. The van der Waals surface area contributed by atoms with Crippen LogP contribution in [0.25, 0.3) is 0 Å². The molecule has 3 N–H and O–H groups in total. The molecule has 0 aromatic heterocycles. The van der Waals surface area contributed by atoms with Crippen LogP contribution < -0.4 is 4.90 Å². The quantitative estimate of drug-likeness (QED) is 0.700. The molecule has 0 bridgehead atoms. The first-order valence-corrected chi connectivity index (χ1v) is 7.09. The van der Waals surface area contributed by atoms with Crippen molar-refractivity contribution in [1.82, 2.24) is 0 Å². The number of rotatable bonds is 4. The molecule has 2 aromatic carbocycles. The molecule has 0 aliphatic carbocycles. The summed E-state index contributed by atoms with van der Waals surface area (Å²) < 4.78 is 0. The lowest BCUT2D eigenvalue weighted by atomic mass is 10.1. The maximum Gasteiger partial charge on any atom is 0.337 e. The van der Waals surface area contributed by atoms with E-state index < -0.39 is 41.0 Å². The van der Waals surface area contributed by atoms with Gasteiger partial charge in [-0.2, -0.15) is 0 Å². The molecule has 0 saturated carbocycles. The van der Waals surface area contributed by atoms with Crippen molar-refractivity contribution in [3.8, 4) is 0 Å². The molecule has 0 unspecified atom stereocenters. The van der Waals surface area contributed by atoms with Crippen molar-refractivity contribution in [3.05, 3.63) is 64.2 Å². The molecule has 0 radical (unpaired) electrons. The minimum Gasteiger partial charge on any atom is -0.478 e. The van der Waals surface area contributed by atoms with E-state index in [4.69, 9.17) is 10.2 Å². The Morgan fingerprint density at radius 1 is 0.692 bits per heavy atom. The van der Waals surface area contributed by atoms with Gasteiger partial charge in [0.1, 0.15) is 0 Å². The third kappa shape index (κ3) is 2.47. The van der Waals surface area contributed by atoms with Gasteiger partial charge in [0.25, 0.3) is 11.8 Å². The summed E-state index contributed by atoms with van der Waals surface area (Å²) in [6, 6.07) is 6.23. The highest BCUT2D eigenvalue weighted by molar-refractivity contribution is 6.35. The standard InChI is InChI=1S/C17H9NO8/c19-13-9-3-1-7(15(21)22)5-11(9)14(20)18(13)12-6-8(16(23)24)2-4-10(12)17(25)26/h1-6H,(H,21,22)(H,23,24)(H,25,26). The highest BCUT2D eigenvalue weighted by atomic mass is 16.4. The SMILES string of the molecule is O=C(O)c1ccc2c(c1)C(=O)N(c1cc(C(=O)O)ccc1C(=O)O)C2=O. The van der Waals surface area contributed by atoms with E-state index in [1.807, 2.05) is 0 Å². The van der Waals surface area contributed by atoms with Crippen LogP contribution in [0.2, 0.25) is 0 Å². The summed E-state index contributed by atoms with van der Waals surface area (Å²) in [6.45, 7) is 0. The Morgan fingerprint density at radius 3 is 1.81 bits per heavy atom. The van der Waals surface area contributed by atoms with Gasteiger partial charge >= 0.3 is 17.9 Å².